The number of piperidine rings is 1. The second kappa shape index (κ2) is 7.68. The minimum atomic E-state index is -0.584. The number of nitrogens with two attached hydrogens (primary N) is 1. The van der Waals surface area contributed by atoms with Crippen molar-refractivity contribution in [2.45, 2.75) is 18.1 Å². The number of amides is 2. The van der Waals surface area contributed by atoms with Crippen molar-refractivity contribution < 1.29 is 9.59 Å². The lowest BCUT2D eigenvalue weighted by Gasteiger charge is -2.21. The Morgan fingerprint density at radius 2 is 2.10 bits per heavy atom. The van der Waals surface area contributed by atoms with Crippen LogP contribution in [0.1, 0.15) is 23.2 Å². The van der Waals surface area contributed by atoms with Gasteiger partial charge in [-0.3, -0.25) is 9.59 Å². The number of thioether (sulfide) groups is 1. The molecule has 0 aromatic heterocycles. The van der Waals surface area contributed by atoms with Gasteiger partial charge < -0.3 is 16.4 Å². The molecule has 0 unspecified atom stereocenters. The lowest BCUT2D eigenvalue weighted by Crippen LogP contribution is -2.30. The zero-order valence-electron chi connectivity index (χ0n) is 11.5. The van der Waals surface area contributed by atoms with Gasteiger partial charge in [-0.25, -0.2) is 0 Å². The molecule has 0 aliphatic carbocycles. The third-order valence-electron chi connectivity index (χ3n) is 3.25. The van der Waals surface area contributed by atoms with Crippen LogP contribution in [0.5, 0.6) is 0 Å². The number of hydrogen-bond acceptors (Lipinski definition) is 4. The summed E-state index contributed by atoms with van der Waals surface area (Å²) >= 11 is 7.62. The number of carbonyl (C=O) groups excluding carboxylic acids is 2. The second-order valence-corrected chi connectivity index (χ2v) is 6.56. The lowest BCUT2D eigenvalue weighted by atomic mass is 10.2. The first kappa shape index (κ1) is 16.1. The monoisotopic (exact) mass is 327 g/mol. The number of nitrogens with one attached hydrogen (secondary N) is 2. The Balaban J connectivity index is 1.84. The molecule has 5 nitrogen and oxygen atoms in total. The molecule has 2 amide bonds. The van der Waals surface area contributed by atoms with E-state index in [1.165, 1.54) is 12.1 Å². The van der Waals surface area contributed by atoms with Gasteiger partial charge in [0.15, 0.2) is 0 Å². The summed E-state index contributed by atoms with van der Waals surface area (Å²) in [6, 6.07) is 4.67. The molecule has 0 radical (unpaired) electrons. The Morgan fingerprint density at radius 3 is 2.71 bits per heavy atom. The quantitative estimate of drug-likeness (QED) is 0.770. The molecular formula is C14H18ClN3O2S. The Bertz CT molecular complexity index is 533. The van der Waals surface area contributed by atoms with Gasteiger partial charge in [-0.2, -0.15) is 0 Å². The van der Waals surface area contributed by atoms with Crippen molar-refractivity contribution in [2.24, 2.45) is 5.73 Å². The molecule has 1 aromatic rings. The summed E-state index contributed by atoms with van der Waals surface area (Å²) in [7, 11) is 0. The maximum atomic E-state index is 11.9. The van der Waals surface area contributed by atoms with Crippen LogP contribution in [0.15, 0.2) is 18.2 Å². The van der Waals surface area contributed by atoms with Crippen molar-refractivity contribution in [1.82, 2.24) is 5.32 Å². The zero-order chi connectivity index (χ0) is 15.2. The predicted molar refractivity (Wildman–Crippen MR) is 86.9 cm³/mol. The van der Waals surface area contributed by atoms with Gasteiger partial charge in [0, 0.05) is 10.9 Å². The molecule has 1 aliphatic heterocycles. The molecule has 21 heavy (non-hydrogen) atoms. The van der Waals surface area contributed by atoms with E-state index in [9.17, 15) is 9.59 Å². The van der Waals surface area contributed by atoms with E-state index >= 15 is 0 Å². The second-order valence-electron chi connectivity index (χ2n) is 4.87. The van der Waals surface area contributed by atoms with E-state index in [-0.39, 0.29) is 16.5 Å². The maximum Gasteiger partial charge on any atom is 0.250 e. The van der Waals surface area contributed by atoms with Gasteiger partial charge >= 0.3 is 0 Å². The van der Waals surface area contributed by atoms with Crippen LogP contribution < -0.4 is 16.4 Å². The van der Waals surface area contributed by atoms with Crippen LogP contribution in [0.3, 0.4) is 0 Å². The molecule has 0 saturated carbocycles. The summed E-state index contributed by atoms with van der Waals surface area (Å²) in [6.45, 7) is 2.03. The molecule has 0 atom stereocenters. The molecule has 4 N–H and O–H groups in total. The number of hydrogen-bond donors (Lipinski definition) is 3. The highest BCUT2D eigenvalue weighted by atomic mass is 35.5. The van der Waals surface area contributed by atoms with E-state index in [1.807, 2.05) is 0 Å². The molecule has 0 bridgehead atoms. The molecule has 1 saturated heterocycles. The standard InChI is InChI=1S/C14H18ClN3O2S/c15-12-7-9(1-2-11(12)14(16)20)18-13(19)8-21-10-3-5-17-6-4-10/h1-2,7,10,17H,3-6,8H2,(H2,16,20)(H,18,19). The van der Waals surface area contributed by atoms with E-state index < -0.39 is 5.91 Å². The summed E-state index contributed by atoms with van der Waals surface area (Å²) in [5, 5.41) is 6.85. The fraction of sp³-hybridized carbons (Fsp3) is 0.429. The van der Waals surface area contributed by atoms with Gasteiger partial charge in [0.1, 0.15) is 0 Å². The third-order valence-corrected chi connectivity index (χ3v) is 4.94. The van der Waals surface area contributed by atoms with Crippen LogP contribution in [0, 0.1) is 0 Å². The van der Waals surface area contributed by atoms with E-state index in [0.29, 0.717) is 16.7 Å². The molecule has 1 fully saturated rings. The topological polar surface area (TPSA) is 84.2 Å². The van der Waals surface area contributed by atoms with Gasteiger partial charge in [0.25, 0.3) is 0 Å². The molecule has 1 heterocycles. The van der Waals surface area contributed by atoms with E-state index in [1.54, 1.807) is 17.8 Å². The average Bonchev–Trinajstić information content (AvgIpc) is 2.46. The molecule has 0 spiro atoms. The van der Waals surface area contributed by atoms with Crippen LogP contribution >= 0.6 is 23.4 Å². The van der Waals surface area contributed by atoms with E-state index in [2.05, 4.69) is 10.6 Å². The Morgan fingerprint density at radius 1 is 1.38 bits per heavy atom. The number of rotatable bonds is 5. The first-order valence-electron chi connectivity index (χ1n) is 6.78. The lowest BCUT2D eigenvalue weighted by molar-refractivity contribution is -0.113. The molecule has 114 valence electrons. The average molecular weight is 328 g/mol. The van der Waals surface area contributed by atoms with Crippen LogP contribution in [0.4, 0.5) is 5.69 Å². The minimum Gasteiger partial charge on any atom is -0.366 e. The number of halogens is 1. The van der Waals surface area contributed by atoms with Gasteiger partial charge in [-0.1, -0.05) is 11.6 Å². The first-order valence-corrected chi connectivity index (χ1v) is 8.20. The Kier molecular flexibility index (Phi) is 5.90. The minimum absolute atomic E-state index is 0.0681. The van der Waals surface area contributed by atoms with Crippen molar-refractivity contribution in [3.8, 4) is 0 Å². The zero-order valence-corrected chi connectivity index (χ0v) is 13.1. The first-order chi connectivity index (χ1) is 10.1. The van der Waals surface area contributed by atoms with Crippen LogP contribution in [0.25, 0.3) is 0 Å². The number of primary amides is 1. The van der Waals surface area contributed by atoms with Crippen LogP contribution in [0.2, 0.25) is 5.02 Å². The van der Waals surface area contributed by atoms with Crippen molar-refractivity contribution in [3.05, 3.63) is 28.8 Å². The summed E-state index contributed by atoms with van der Waals surface area (Å²) < 4.78 is 0. The Labute approximate surface area is 133 Å². The molecule has 1 aromatic carbocycles. The third kappa shape index (κ3) is 4.91. The highest BCUT2D eigenvalue weighted by Crippen LogP contribution is 2.22. The number of anilines is 1. The van der Waals surface area contributed by atoms with Gasteiger partial charge in [-0.05, 0) is 44.1 Å². The van der Waals surface area contributed by atoms with Crippen molar-refractivity contribution >= 4 is 40.9 Å². The van der Waals surface area contributed by atoms with Crippen LogP contribution in [-0.4, -0.2) is 35.9 Å². The van der Waals surface area contributed by atoms with Gasteiger partial charge in [-0.15, -0.1) is 11.8 Å². The smallest absolute Gasteiger partial charge is 0.250 e. The summed E-state index contributed by atoms with van der Waals surface area (Å²) in [6.07, 6.45) is 2.19. The fourth-order valence-electron chi connectivity index (χ4n) is 2.15. The molecular weight excluding hydrogens is 310 g/mol. The van der Waals surface area contributed by atoms with Crippen molar-refractivity contribution in [1.29, 1.82) is 0 Å². The fourth-order valence-corrected chi connectivity index (χ4v) is 3.45. The molecule has 2 rings (SSSR count). The summed E-state index contributed by atoms with van der Waals surface area (Å²) in [5.41, 5.74) is 6.00. The van der Waals surface area contributed by atoms with Gasteiger partial charge in [0.05, 0.1) is 16.3 Å². The normalized spacial score (nSPS) is 15.7. The van der Waals surface area contributed by atoms with E-state index in [0.717, 1.165) is 25.9 Å². The molecule has 7 heteroatoms. The SMILES string of the molecule is NC(=O)c1ccc(NC(=O)CSC2CCNCC2)cc1Cl. The highest BCUT2D eigenvalue weighted by molar-refractivity contribution is 8.00. The van der Waals surface area contributed by atoms with E-state index in [4.69, 9.17) is 17.3 Å². The van der Waals surface area contributed by atoms with Crippen LogP contribution in [-0.2, 0) is 4.79 Å². The largest absolute Gasteiger partial charge is 0.366 e. The number of carbonyl (C=O) groups is 2. The summed E-state index contributed by atoms with van der Waals surface area (Å²) in [5.74, 6) is -0.236. The van der Waals surface area contributed by atoms with Crippen molar-refractivity contribution in [2.75, 3.05) is 24.2 Å². The van der Waals surface area contributed by atoms with Gasteiger partial charge in [0.2, 0.25) is 11.8 Å². The Hall–Kier alpha value is -1.24. The predicted octanol–water partition coefficient (Wildman–Crippen LogP) is 1.86. The number of benzene rings is 1. The molecule has 1 aliphatic rings. The highest BCUT2D eigenvalue weighted by Gasteiger charge is 2.15. The maximum absolute atomic E-state index is 11.9. The summed E-state index contributed by atoms with van der Waals surface area (Å²) in [4.78, 5) is 23.0. The van der Waals surface area contributed by atoms with Crippen molar-refractivity contribution in [3.63, 3.8) is 0 Å².